The average Bonchev–Trinajstić information content (AvgIpc) is 2.73. The van der Waals surface area contributed by atoms with E-state index in [0.29, 0.717) is 11.7 Å². The Morgan fingerprint density at radius 1 is 1.50 bits per heavy atom. The van der Waals surface area contributed by atoms with Crippen LogP contribution in [0, 0.1) is 0 Å². The molecule has 0 aromatic heterocycles. The lowest BCUT2D eigenvalue weighted by molar-refractivity contribution is 0.464. The van der Waals surface area contributed by atoms with Gasteiger partial charge in [0.1, 0.15) is 5.75 Å². The summed E-state index contributed by atoms with van der Waals surface area (Å²) in [7, 11) is 0. The van der Waals surface area contributed by atoms with Crippen molar-refractivity contribution >= 4 is 15.9 Å². The Bertz CT molecular complexity index is 313. The Hall–Kier alpha value is -0.540. The third-order valence-corrected chi connectivity index (χ3v) is 2.90. The Morgan fingerprint density at radius 2 is 2.17 bits per heavy atom. The number of benzene rings is 1. The molecule has 0 spiro atoms. The standard InChI is InChI=1S/C9H10BrNO/c10-7-3-1-2-5(9(7)12)6-4-8(6)11/h1-3,6,8,12H,4,11H2. The molecule has 1 saturated carbocycles. The molecule has 0 saturated heterocycles. The first kappa shape index (κ1) is 8.08. The highest BCUT2D eigenvalue weighted by molar-refractivity contribution is 9.10. The molecule has 2 unspecified atom stereocenters. The molecule has 3 N–H and O–H groups in total. The second-order valence-electron chi connectivity index (χ2n) is 3.18. The first-order valence-electron chi connectivity index (χ1n) is 3.93. The van der Waals surface area contributed by atoms with Crippen molar-refractivity contribution in [2.24, 2.45) is 5.73 Å². The van der Waals surface area contributed by atoms with Crippen LogP contribution >= 0.6 is 15.9 Å². The van der Waals surface area contributed by atoms with Crippen molar-refractivity contribution in [2.75, 3.05) is 0 Å². The number of nitrogens with two attached hydrogens (primary N) is 1. The fraction of sp³-hybridized carbons (Fsp3) is 0.333. The number of aromatic hydroxyl groups is 1. The number of phenols is 1. The summed E-state index contributed by atoms with van der Waals surface area (Å²) in [6.45, 7) is 0. The summed E-state index contributed by atoms with van der Waals surface area (Å²) >= 11 is 3.27. The van der Waals surface area contributed by atoms with Gasteiger partial charge in [-0.15, -0.1) is 0 Å². The summed E-state index contributed by atoms with van der Waals surface area (Å²) in [5.41, 5.74) is 6.66. The minimum absolute atomic E-state index is 0.241. The predicted octanol–water partition coefficient (Wildman–Crippen LogP) is 1.97. The zero-order valence-electron chi connectivity index (χ0n) is 6.50. The van der Waals surface area contributed by atoms with Crippen LogP contribution in [0.15, 0.2) is 22.7 Å². The van der Waals surface area contributed by atoms with E-state index < -0.39 is 0 Å². The fourth-order valence-corrected chi connectivity index (χ4v) is 1.79. The molecular weight excluding hydrogens is 218 g/mol. The van der Waals surface area contributed by atoms with Crippen molar-refractivity contribution in [3.05, 3.63) is 28.2 Å². The minimum Gasteiger partial charge on any atom is -0.506 e. The molecule has 1 aliphatic carbocycles. The van der Waals surface area contributed by atoms with E-state index in [0.717, 1.165) is 16.5 Å². The first-order chi connectivity index (χ1) is 5.70. The molecule has 1 aliphatic rings. The maximum atomic E-state index is 9.62. The molecule has 3 heteroatoms. The number of halogens is 1. The third kappa shape index (κ3) is 1.23. The van der Waals surface area contributed by atoms with E-state index in [2.05, 4.69) is 15.9 Å². The van der Waals surface area contributed by atoms with E-state index in [-0.39, 0.29) is 6.04 Å². The SMILES string of the molecule is NC1CC1c1cccc(Br)c1O. The zero-order valence-corrected chi connectivity index (χ0v) is 8.08. The van der Waals surface area contributed by atoms with Gasteiger partial charge >= 0.3 is 0 Å². The van der Waals surface area contributed by atoms with Gasteiger partial charge in [0.15, 0.2) is 0 Å². The van der Waals surface area contributed by atoms with Crippen LogP contribution in [0.25, 0.3) is 0 Å². The molecule has 1 fully saturated rings. The minimum atomic E-state index is 0.241. The summed E-state index contributed by atoms with van der Waals surface area (Å²) in [6.07, 6.45) is 0.990. The monoisotopic (exact) mass is 227 g/mol. The van der Waals surface area contributed by atoms with E-state index in [1.807, 2.05) is 18.2 Å². The van der Waals surface area contributed by atoms with E-state index >= 15 is 0 Å². The van der Waals surface area contributed by atoms with Gasteiger partial charge in [-0.3, -0.25) is 0 Å². The predicted molar refractivity (Wildman–Crippen MR) is 51.1 cm³/mol. The van der Waals surface area contributed by atoms with Gasteiger partial charge in [0.05, 0.1) is 4.47 Å². The first-order valence-corrected chi connectivity index (χ1v) is 4.72. The average molecular weight is 228 g/mol. The molecule has 1 aromatic carbocycles. The van der Waals surface area contributed by atoms with Crippen LogP contribution in [0.2, 0.25) is 0 Å². The van der Waals surface area contributed by atoms with Gasteiger partial charge < -0.3 is 10.8 Å². The Balaban J connectivity index is 2.38. The number of hydrogen-bond donors (Lipinski definition) is 2. The molecule has 0 aliphatic heterocycles. The summed E-state index contributed by atoms with van der Waals surface area (Å²) in [4.78, 5) is 0. The molecular formula is C9H10BrNO. The van der Waals surface area contributed by atoms with Gasteiger partial charge in [-0.25, -0.2) is 0 Å². The molecule has 12 heavy (non-hydrogen) atoms. The van der Waals surface area contributed by atoms with E-state index in [4.69, 9.17) is 5.73 Å². The number of para-hydroxylation sites is 1. The third-order valence-electron chi connectivity index (χ3n) is 2.26. The van der Waals surface area contributed by atoms with Gasteiger partial charge in [-0.2, -0.15) is 0 Å². The quantitative estimate of drug-likeness (QED) is 0.771. The largest absolute Gasteiger partial charge is 0.506 e. The maximum Gasteiger partial charge on any atom is 0.133 e. The highest BCUT2D eigenvalue weighted by atomic mass is 79.9. The second kappa shape index (κ2) is 2.75. The van der Waals surface area contributed by atoms with Crippen molar-refractivity contribution in [1.82, 2.24) is 0 Å². The Morgan fingerprint density at radius 3 is 2.75 bits per heavy atom. The van der Waals surface area contributed by atoms with Gasteiger partial charge in [0.25, 0.3) is 0 Å². The highest BCUT2D eigenvalue weighted by Gasteiger charge is 2.36. The maximum absolute atomic E-state index is 9.62. The van der Waals surface area contributed by atoms with Crippen LogP contribution in [0.5, 0.6) is 5.75 Å². The van der Waals surface area contributed by atoms with E-state index in [1.54, 1.807) is 0 Å². The lowest BCUT2D eigenvalue weighted by Crippen LogP contribution is -2.01. The summed E-state index contributed by atoms with van der Waals surface area (Å²) in [6, 6.07) is 5.92. The molecule has 0 radical (unpaired) electrons. The summed E-state index contributed by atoms with van der Waals surface area (Å²) in [5, 5.41) is 9.62. The number of hydrogen-bond acceptors (Lipinski definition) is 2. The molecule has 0 amide bonds. The van der Waals surface area contributed by atoms with Crippen LogP contribution < -0.4 is 5.73 Å². The second-order valence-corrected chi connectivity index (χ2v) is 4.04. The van der Waals surface area contributed by atoms with Crippen LogP contribution in [0.4, 0.5) is 0 Å². The molecule has 2 nitrogen and oxygen atoms in total. The Labute approximate surface area is 79.5 Å². The Kier molecular flexibility index (Phi) is 1.85. The molecule has 2 rings (SSSR count). The zero-order chi connectivity index (χ0) is 8.72. The van der Waals surface area contributed by atoms with Crippen molar-refractivity contribution in [3.63, 3.8) is 0 Å². The van der Waals surface area contributed by atoms with Crippen LogP contribution in [0.1, 0.15) is 17.9 Å². The summed E-state index contributed by atoms with van der Waals surface area (Å²) < 4.78 is 0.749. The van der Waals surface area contributed by atoms with Gasteiger partial charge in [-0.1, -0.05) is 12.1 Å². The van der Waals surface area contributed by atoms with Crippen molar-refractivity contribution < 1.29 is 5.11 Å². The smallest absolute Gasteiger partial charge is 0.133 e. The van der Waals surface area contributed by atoms with Crippen LogP contribution in [0.3, 0.4) is 0 Å². The highest BCUT2D eigenvalue weighted by Crippen LogP contribution is 2.44. The lowest BCUT2D eigenvalue weighted by Gasteiger charge is -2.03. The van der Waals surface area contributed by atoms with Crippen LogP contribution in [-0.2, 0) is 0 Å². The lowest BCUT2D eigenvalue weighted by atomic mass is 10.1. The fourth-order valence-electron chi connectivity index (χ4n) is 1.40. The van der Waals surface area contributed by atoms with Gasteiger partial charge in [-0.05, 0) is 34.0 Å². The van der Waals surface area contributed by atoms with E-state index in [1.165, 1.54) is 0 Å². The normalized spacial score (nSPS) is 27.2. The molecule has 0 bridgehead atoms. The molecule has 64 valence electrons. The molecule has 0 heterocycles. The number of phenolic OH excluding ortho intramolecular Hbond substituents is 1. The van der Waals surface area contributed by atoms with Gasteiger partial charge in [0, 0.05) is 12.0 Å². The van der Waals surface area contributed by atoms with Crippen LogP contribution in [-0.4, -0.2) is 11.1 Å². The van der Waals surface area contributed by atoms with Crippen molar-refractivity contribution in [1.29, 1.82) is 0 Å². The topological polar surface area (TPSA) is 46.2 Å². The number of rotatable bonds is 1. The van der Waals surface area contributed by atoms with Crippen molar-refractivity contribution in [3.8, 4) is 5.75 Å². The summed E-state index contributed by atoms with van der Waals surface area (Å²) in [5.74, 6) is 0.706. The molecule has 2 atom stereocenters. The van der Waals surface area contributed by atoms with Crippen molar-refractivity contribution in [2.45, 2.75) is 18.4 Å². The molecule has 1 aromatic rings. The van der Waals surface area contributed by atoms with E-state index in [9.17, 15) is 5.11 Å². The van der Waals surface area contributed by atoms with Gasteiger partial charge in [0.2, 0.25) is 0 Å².